The lowest BCUT2D eigenvalue weighted by Gasteiger charge is -2.35. The standard InChI is InChI=1S/C34H30Cl2N4O2/c1-41-21-9-13-27-25(17-21)33(23-11-7-19(35)15-31(23)37-27)39-29-5-3-4-6-30(29)40-34-24-12-8-20(36)16-32(24)38-28-14-10-22(42-2)18-26(28)34/h7-18,29-30H,3-6H2,1-2H3,(H,37,39)(H,38,40)/t29-,30-/m0/s1. The number of ether oxygens (including phenoxy) is 2. The summed E-state index contributed by atoms with van der Waals surface area (Å²) in [5.41, 5.74) is 5.59. The van der Waals surface area contributed by atoms with Gasteiger partial charge in [0.2, 0.25) is 0 Å². The molecule has 0 spiro atoms. The van der Waals surface area contributed by atoms with Gasteiger partial charge in [0.15, 0.2) is 0 Å². The van der Waals surface area contributed by atoms with Crippen molar-refractivity contribution in [2.24, 2.45) is 0 Å². The Labute approximate surface area is 254 Å². The van der Waals surface area contributed by atoms with Gasteiger partial charge in [0.1, 0.15) is 11.5 Å². The average molecular weight is 598 g/mol. The number of nitrogens with one attached hydrogen (secondary N) is 2. The van der Waals surface area contributed by atoms with E-state index < -0.39 is 0 Å². The normalized spacial score (nSPS) is 17.1. The van der Waals surface area contributed by atoms with E-state index in [1.165, 1.54) is 0 Å². The second-order valence-electron chi connectivity index (χ2n) is 10.8. The number of halogens is 2. The Morgan fingerprint density at radius 2 is 1.02 bits per heavy atom. The molecule has 0 radical (unpaired) electrons. The average Bonchev–Trinajstić information content (AvgIpc) is 3.01. The van der Waals surface area contributed by atoms with Gasteiger partial charge >= 0.3 is 0 Å². The minimum Gasteiger partial charge on any atom is -0.497 e. The second kappa shape index (κ2) is 11.0. The summed E-state index contributed by atoms with van der Waals surface area (Å²) in [5, 5.41) is 13.4. The highest BCUT2D eigenvalue weighted by atomic mass is 35.5. The maximum atomic E-state index is 6.39. The van der Waals surface area contributed by atoms with E-state index >= 15 is 0 Å². The van der Waals surface area contributed by atoms with Crippen LogP contribution in [0.2, 0.25) is 10.0 Å². The molecule has 2 aromatic heterocycles. The highest BCUT2D eigenvalue weighted by molar-refractivity contribution is 6.32. The van der Waals surface area contributed by atoms with Crippen LogP contribution in [0.3, 0.4) is 0 Å². The van der Waals surface area contributed by atoms with Crippen LogP contribution in [-0.4, -0.2) is 36.3 Å². The van der Waals surface area contributed by atoms with Crippen molar-refractivity contribution in [3.63, 3.8) is 0 Å². The molecule has 0 aliphatic heterocycles. The first kappa shape index (κ1) is 26.9. The zero-order valence-electron chi connectivity index (χ0n) is 23.4. The van der Waals surface area contributed by atoms with Crippen molar-refractivity contribution in [2.75, 3.05) is 24.9 Å². The molecule has 8 heteroatoms. The first-order valence-electron chi connectivity index (χ1n) is 14.2. The number of methoxy groups -OCH3 is 2. The predicted molar refractivity (Wildman–Crippen MR) is 175 cm³/mol. The fourth-order valence-corrected chi connectivity index (χ4v) is 6.54. The zero-order chi connectivity index (χ0) is 28.8. The molecule has 7 rings (SSSR count). The number of nitrogens with zero attached hydrogens (tertiary/aromatic N) is 2. The van der Waals surface area contributed by atoms with Gasteiger partial charge in [-0.05, 0) is 85.6 Å². The lowest BCUT2D eigenvalue weighted by Crippen LogP contribution is -2.42. The van der Waals surface area contributed by atoms with Crippen LogP contribution in [0.4, 0.5) is 11.4 Å². The minimum atomic E-state index is 0.158. The quantitative estimate of drug-likeness (QED) is 0.187. The number of pyridine rings is 2. The van der Waals surface area contributed by atoms with Gasteiger partial charge in [0.05, 0.1) is 47.7 Å². The molecule has 1 aliphatic rings. The van der Waals surface area contributed by atoms with Crippen molar-refractivity contribution < 1.29 is 9.47 Å². The van der Waals surface area contributed by atoms with E-state index in [1.54, 1.807) is 14.2 Å². The lowest BCUT2D eigenvalue weighted by molar-refractivity contribution is 0.415. The maximum Gasteiger partial charge on any atom is 0.119 e. The lowest BCUT2D eigenvalue weighted by atomic mass is 9.89. The van der Waals surface area contributed by atoms with E-state index in [0.29, 0.717) is 10.0 Å². The van der Waals surface area contributed by atoms with Crippen LogP contribution in [0.25, 0.3) is 43.6 Å². The van der Waals surface area contributed by atoms with E-state index in [0.717, 1.165) is 92.2 Å². The highest BCUT2D eigenvalue weighted by Gasteiger charge is 2.28. The molecule has 2 heterocycles. The van der Waals surface area contributed by atoms with Gasteiger partial charge < -0.3 is 20.1 Å². The molecule has 0 saturated heterocycles. The Hall–Kier alpha value is -4.00. The predicted octanol–water partition coefficient (Wildman–Crippen LogP) is 9.25. The number of aromatic nitrogens is 2. The van der Waals surface area contributed by atoms with Gasteiger partial charge in [-0.15, -0.1) is 0 Å². The fraction of sp³-hybridized carbons (Fsp3) is 0.235. The molecule has 0 unspecified atom stereocenters. The molecular formula is C34H30Cl2N4O2. The van der Waals surface area contributed by atoms with Gasteiger partial charge in [-0.25, -0.2) is 9.97 Å². The summed E-state index contributed by atoms with van der Waals surface area (Å²) in [4.78, 5) is 9.84. The van der Waals surface area contributed by atoms with E-state index in [2.05, 4.69) is 34.9 Å². The number of anilines is 2. The molecule has 6 nitrogen and oxygen atoms in total. The molecule has 0 bridgehead atoms. The molecule has 212 valence electrons. The van der Waals surface area contributed by atoms with Crippen LogP contribution in [0.5, 0.6) is 11.5 Å². The largest absolute Gasteiger partial charge is 0.497 e. The third-order valence-corrected chi connectivity index (χ3v) is 8.78. The van der Waals surface area contributed by atoms with Gasteiger partial charge in [-0.1, -0.05) is 36.0 Å². The number of hydrogen-bond donors (Lipinski definition) is 2. The summed E-state index contributed by atoms with van der Waals surface area (Å²) >= 11 is 12.8. The van der Waals surface area contributed by atoms with Crippen molar-refractivity contribution in [1.29, 1.82) is 0 Å². The molecule has 0 amide bonds. The van der Waals surface area contributed by atoms with Gasteiger partial charge in [-0.3, -0.25) is 0 Å². The SMILES string of the molecule is COc1ccc2nc3cc(Cl)ccc3c(N[C@H]3CCCC[C@@H]3Nc3c4ccc(Cl)cc4nc4ccc(OC)cc34)c2c1. The zero-order valence-corrected chi connectivity index (χ0v) is 24.9. The summed E-state index contributed by atoms with van der Waals surface area (Å²) < 4.78 is 11.2. The first-order chi connectivity index (χ1) is 20.5. The van der Waals surface area contributed by atoms with Crippen molar-refractivity contribution >= 4 is 78.2 Å². The first-order valence-corrected chi connectivity index (χ1v) is 14.9. The molecule has 1 aliphatic carbocycles. The summed E-state index contributed by atoms with van der Waals surface area (Å²) in [6, 6.07) is 24.1. The molecule has 6 aromatic rings. The molecule has 2 N–H and O–H groups in total. The van der Waals surface area contributed by atoms with Crippen molar-refractivity contribution in [3.05, 3.63) is 82.8 Å². The topological polar surface area (TPSA) is 68.3 Å². The third-order valence-electron chi connectivity index (χ3n) is 8.31. The van der Waals surface area contributed by atoms with E-state index in [-0.39, 0.29) is 12.1 Å². The molecule has 1 fully saturated rings. The Balaban J connectivity index is 1.35. The van der Waals surface area contributed by atoms with Crippen LogP contribution >= 0.6 is 23.2 Å². The van der Waals surface area contributed by atoms with Gasteiger partial charge in [0.25, 0.3) is 0 Å². The maximum absolute atomic E-state index is 6.39. The highest BCUT2D eigenvalue weighted by Crippen LogP contribution is 2.39. The minimum absolute atomic E-state index is 0.158. The van der Waals surface area contributed by atoms with Crippen LogP contribution in [0.1, 0.15) is 25.7 Å². The van der Waals surface area contributed by atoms with Gasteiger partial charge in [0, 0.05) is 43.7 Å². The monoisotopic (exact) mass is 596 g/mol. The number of hydrogen-bond acceptors (Lipinski definition) is 6. The summed E-state index contributed by atoms with van der Waals surface area (Å²) in [6.45, 7) is 0. The summed E-state index contributed by atoms with van der Waals surface area (Å²) in [7, 11) is 3.38. The van der Waals surface area contributed by atoms with Crippen LogP contribution in [-0.2, 0) is 0 Å². The Kier molecular flexibility index (Phi) is 7.04. The molecular weight excluding hydrogens is 567 g/mol. The Bertz CT molecular complexity index is 1840. The van der Waals surface area contributed by atoms with E-state index in [9.17, 15) is 0 Å². The van der Waals surface area contributed by atoms with Crippen molar-refractivity contribution in [1.82, 2.24) is 9.97 Å². The Morgan fingerprint density at radius 3 is 1.45 bits per heavy atom. The molecule has 2 atom stereocenters. The fourth-order valence-electron chi connectivity index (χ4n) is 6.21. The second-order valence-corrected chi connectivity index (χ2v) is 11.7. The van der Waals surface area contributed by atoms with Gasteiger partial charge in [-0.2, -0.15) is 0 Å². The third kappa shape index (κ3) is 4.89. The molecule has 42 heavy (non-hydrogen) atoms. The van der Waals surface area contributed by atoms with Crippen LogP contribution in [0, 0.1) is 0 Å². The number of benzene rings is 4. The molecule has 1 saturated carbocycles. The van der Waals surface area contributed by atoms with Crippen molar-refractivity contribution in [3.8, 4) is 11.5 Å². The van der Waals surface area contributed by atoms with Crippen LogP contribution < -0.4 is 20.1 Å². The number of fused-ring (bicyclic) bond motifs is 4. The molecule has 4 aromatic carbocycles. The van der Waals surface area contributed by atoms with E-state index in [1.807, 2.05) is 48.5 Å². The number of rotatable bonds is 6. The van der Waals surface area contributed by atoms with Crippen molar-refractivity contribution in [2.45, 2.75) is 37.8 Å². The summed E-state index contributed by atoms with van der Waals surface area (Å²) in [5.74, 6) is 1.59. The van der Waals surface area contributed by atoms with E-state index in [4.69, 9.17) is 42.6 Å². The summed E-state index contributed by atoms with van der Waals surface area (Å²) in [6.07, 6.45) is 4.34. The Morgan fingerprint density at radius 1 is 0.571 bits per heavy atom. The van der Waals surface area contributed by atoms with Crippen LogP contribution in [0.15, 0.2) is 72.8 Å². The smallest absolute Gasteiger partial charge is 0.119 e.